The van der Waals surface area contributed by atoms with E-state index in [2.05, 4.69) is 53.7 Å². The largest absolute Gasteiger partial charge is 0.438 e. The number of hydrogen-bond acceptors (Lipinski definition) is 1. The maximum absolute atomic E-state index is 6.17. The van der Waals surface area contributed by atoms with Gasteiger partial charge in [-0.15, -0.1) is 0 Å². The molecule has 2 nitrogen and oxygen atoms in total. The molecule has 0 aromatic heterocycles. The Hall–Kier alpha value is -1.61. The third kappa shape index (κ3) is 2.19. The zero-order valence-electron chi connectivity index (χ0n) is 13.6. The number of fused-ring (bicyclic) bond motifs is 2. The van der Waals surface area contributed by atoms with Crippen molar-refractivity contribution in [3.63, 3.8) is 0 Å². The molecule has 2 aromatic carbocycles. The van der Waals surface area contributed by atoms with Crippen molar-refractivity contribution in [1.82, 2.24) is 0 Å². The molecular formula is C19H24NOSi+. The van der Waals surface area contributed by atoms with E-state index in [4.69, 9.17) is 4.74 Å². The van der Waals surface area contributed by atoms with Gasteiger partial charge < -0.3 is 4.74 Å². The highest BCUT2D eigenvalue weighted by atomic mass is 28.3. The summed E-state index contributed by atoms with van der Waals surface area (Å²) in [6.45, 7) is 5.70. The highest BCUT2D eigenvalue weighted by Gasteiger charge is 2.46. The van der Waals surface area contributed by atoms with Crippen molar-refractivity contribution in [2.75, 3.05) is 6.73 Å². The molecule has 0 unspecified atom stereocenters. The average Bonchev–Trinajstić information content (AvgIpc) is 2.54. The first kappa shape index (κ1) is 14.0. The van der Waals surface area contributed by atoms with E-state index in [-0.39, 0.29) is 0 Å². The highest BCUT2D eigenvalue weighted by Crippen LogP contribution is 2.27. The van der Waals surface area contributed by atoms with Gasteiger partial charge in [0.2, 0.25) is 0 Å². The summed E-state index contributed by atoms with van der Waals surface area (Å²) in [6, 6.07) is 13.2. The van der Waals surface area contributed by atoms with E-state index in [9.17, 15) is 0 Å². The van der Waals surface area contributed by atoms with Gasteiger partial charge in [-0.1, -0.05) is 30.7 Å². The molecule has 0 amide bonds. The molecule has 22 heavy (non-hydrogen) atoms. The van der Waals surface area contributed by atoms with Crippen LogP contribution in [-0.2, 0) is 0 Å². The second-order valence-corrected chi connectivity index (χ2v) is 11.3. The van der Waals surface area contributed by atoms with Crippen LogP contribution in [0.4, 0.5) is 0 Å². The first-order valence-corrected chi connectivity index (χ1v) is 11.4. The molecule has 0 spiro atoms. The Bertz CT molecular complexity index is 755. The van der Waals surface area contributed by atoms with Crippen LogP contribution in [-0.4, -0.2) is 24.9 Å². The lowest BCUT2D eigenvalue weighted by atomic mass is 9.99. The molecule has 2 aliphatic rings. The summed E-state index contributed by atoms with van der Waals surface area (Å²) >= 11 is 0. The zero-order chi connectivity index (χ0) is 15.2. The molecule has 1 aliphatic heterocycles. The first-order chi connectivity index (χ1) is 10.7. The fraction of sp³-hybridized carbons (Fsp3) is 0.421. The van der Waals surface area contributed by atoms with Crippen molar-refractivity contribution in [3.05, 3.63) is 36.4 Å². The monoisotopic (exact) mass is 310 g/mol. The van der Waals surface area contributed by atoms with Crippen LogP contribution in [0, 0.1) is 0 Å². The van der Waals surface area contributed by atoms with Crippen LogP contribution in [0.1, 0.15) is 32.1 Å². The van der Waals surface area contributed by atoms with Gasteiger partial charge in [0.05, 0.1) is 0 Å². The number of benzene rings is 2. The van der Waals surface area contributed by atoms with Crippen LogP contribution in [0.2, 0.25) is 13.1 Å². The minimum absolute atomic E-state index is 0.750. The predicted octanol–water partition coefficient (Wildman–Crippen LogP) is 4.02. The van der Waals surface area contributed by atoms with Crippen molar-refractivity contribution >= 4 is 29.9 Å². The van der Waals surface area contributed by atoms with E-state index in [0.717, 1.165) is 12.5 Å². The molecule has 1 heterocycles. The molecule has 4 rings (SSSR count). The molecule has 114 valence electrons. The van der Waals surface area contributed by atoms with Crippen LogP contribution >= 0.6 is 0 Å². The van der Waals surface area contributed by atoms with E-state index in [1.54, 1.807) is 5.71 Å². The zero-order valence-corrected chi connectivity index (χ0v) is 14.6. The summed E-state index contributed by atoms with van der Waals surface area (Å²) in [5.74, 6) is 1.11. The normalized spacial score (nSPS) is 20.6. The van der Waals surface area contributed by atoms with Gasteiger partial charge in [0.25, 0.3) is 6.73 Å². The Morgan fingerprint density at radius 1 is 0.955 bits per heavy atom. The van der Waals surface area contributed by atoms with Gasteiger partial charge in [-0.3, -0.25) is 4.24 Å². The molecule has 0 radical (unpaired) electrons. The lowest BCUT2D eigenvalue weighted by Crippen LogP contribution is -2.59. The molecule has 1 fully saturated rings. The van der Waals surface area contributed by atoms with Crippen LogP contribution in [0.5, 0.6) is 5.75 Å². The van der Waals surface area contributed by atoms with E-state index >= 15 is 0 Å². The predicted molar refractivity (Wildman–Crippen MR) is 94.9 cm³/mol. The molecule has 1 aliphatic carbocycles. The first-order valence-electron chi connectivity index (χ1n) is 8.45. The van der Waals surface area contributed by atoms with Gasteiger partial charge in [-0.2, -0.15) is 0 Å². The second-order valence-electron chi connectivity index (χ2n) is 7.08. The Kier molecular flexibility index (Phi) is 3.33. The van der Waals surface area contributed by atoms with E-state index in [1.807, 2.05) is 0 Å². The van der Waals surface area contributed by atoms with Crippen LogP contribution in [0.3, 0.4) is 0 Å². The maximum atomic E-state index is 6.17. The van der Waals surface area contributed by atoms with Gasteiger partial charge >= 0.3 is 8.24 Å². The summed E-state index contributed by atoms with van der Waals surface area (Å²) < 4.78 is 8.81. The molecule has 0 saturated heterocycles. The Morgan fingerprint density at radius 2 is 1.64 bits per heavy atom. The summed E-state index contributed by atoms with van der Waals surface area (Å²) in [4.78, 5) is 0. The van der Waals surface area contributed by atoms with Crippen molar-refractivity contribution in [1.29, 1.82) is 0 Å². The minimum Gasteiger partial charge on any atom is -0.438 e. The van der Waals surface area contributed by atoms with E-state index < -0.39 is 8.24 Å². The quantitative estimate of drug-likeness (QED) is 0.669. The molecule has 0 N–H and O–H groups in total. The summed E-state index contributed by atoms with van der Waals surface area (Å²) in [5.41, 5.74) is 1.64. The van der Waals surface area contributed by atoms with Crippen molar-refractivity contribution in [3.8, 4) is 5.75 Å². The summed E-state index contributed by atoms with van der Waals surface area (Å²) in [5, 5.41) is 4.07. The number of rotatable bonds is 0. The topological polar surface area (TPSA) is 12.2 Å². The van der Waals surface area contributed by atoms with Crippen molar-refractivity contribution < 1.29 is 8.98 Å². The van der Waals surface area contributed by atoms with Crippen molar-refractivity contribution in [2.45, 2.75) is 45.2 Å². The second kappa shape index (κ2) is 5.23. The summed E-state index contributed by atoms with van der Waals surface area (Å²) in [6.07, 6.45) is 6.62. The number of hydrogen-bond donors (Lipinski definition) is 0. The van der Waals surface area contributed by atoms with E-state index in [0.29, 0.717) is 0 Å². The van der Waals surface area contributed by atoms with Gasteiger partial charge in [0, 0.05) is 18.0 Å². The molecule has 3 heteroatoms. The average molecular weight is 310 g/mol. The van der Waals surface area contributed by atoms with Gasteiger partial charge in [-0.25, -0.2) is 0 Å². The molecular weight excluding hydrogens is 286 g/mol. The van der Waals surface area contributed by atoms with Crippen molar-refractivity contribution in [2.24, 2.45) is 0 Å². The Morgan fingerprint density at radius 3 is 2.36 bits per heavy atom. The number of nitrogens with zero attached hydrogens (tertiary/aromatic N) is 1. The van der Waals surface area contributed by atoms with Gasteiger partial charge in [0.1, 0.15) is 11.5 Å². The lowest BCUT2D eigenvalue weighted by Gasteiger charge is -2.31. The van der Waals surface area contributed by atoms with Gasteiger partial charge in [-0.05, 0) is 48.8 Å². The van der Waals surface area contributed by atoms with Crippen LogP contribution in [0.25, 0.3) is 10.8 Å². The minimum atomic E-state index is -1.67. The Labute approximate surface area is 133 Å². The van der Waals surface area contributed by atoms with E-state index in [1.165, 1.54) is 48.1 Å². The molecule has 0 bridgehead atoms. The smallest absolute Gasteiger partial charge is 0.391 e. The third-order valence-electron chi connectivity index (χ3n) is 5.34. The fourth-order valence-electron chi connectivity index (χ4n) is 3.97. The SMILES string of the molecule is C[Si]1(C)c2cc3ccccc3cc2OC[N+]1=C1CCCCC1. The summed E-state index contributed by atoms with van der Waals surface area (Å²) in [7, 11) is -1.67. The lowest BCUT2D eigenvalue weighted by molar-refractivity contribution is -0.444. The molecule has 0 atom stereocenters. The van der Waals surface area contributed by atoms with Crippen LogP contribution < -0.4 is 9.92 Å². The Balaban J connectivity index is 1.86. The fourth-order valence-corrected chi connectivity index (χ4v) is 6.92. The highest BCUT2D eigenvalue weighted by molar-refractivity contribution is 6.84. The molecule has 1 saturated carbocycles. The maximum Gasteiger partial charge on any atom is 0.391 e. The van der Waals surface area contributed by atoms with Gasteiger partial charge in [0.15, 0.2) is 0 Å². The third-order valence-corrected chi connectivity index (χ3v) is 8.85. The van der Waals surface area contributed by atoms with Crippen LogP contribution in [0.15, 0.2) is 36.4 Å². The number of ether oxygens (including phenoxy) is 1. The standard InChI is InChI=1S/C19H24NOSi/c1-22(2)19-13-16-9-7-6-8-15(16)12-18(19)21-14-20(22)17-10-4-3-5-11-17/h6-9,12-13H,3-5,10-11,14H2,1-2H3/q+1. The molecule has 2 aromatic rings.